The molecule has 0 saturated carbocycles. The largest absolute Gasteiger partial charge is 1.00 e. The Morgan fingerprint density at radius 1 is 0.633 bits per heavy atom. The molecule has 1 atom stereocenters. The molecule has 12 rings (SSSR count). The van der Waals surface area contributed by atoms with Crippen molar-refractivity contribution in [3.05, 3.63) is 224 Å². The van der Waals surface area contributed by atoms with Crippen LogP contribution in [0.25, 0.3) is 64.5 Å². The van der Waals surface area contributed by atoms with E-state index in [4.69, 9.17) is 57.2 Å². The van der Waals surface area contributed by atoms with Crippen molar-refractivity contribution in [3.8, 4) is 23.3 Å². The molecule has 25 nitrogen and oxygen atoms in total. The van der Waals surface area contributed by atoms with Crippen LogP contribution in [0.2, 0.25) is 0 Å². The Kier molecular flexibility index (Phi) is 27.9. The Bertz CT molecular complexity index is 4650. The molecule has 33 heteroatoms. The number of nitro benzene ring substituents is 2. The Labute approximate surface area is 576 Å². The van der Waals surface area contributed by atoms with Gasteiger partial charge in [0.15, 0.2) is 11.4 Å². The molecule has 0 aliphatic heterocycles. The van der Waals surface area contributed by atoms with Crippen molar-refractivity contribution in [2.75, 3.05) is 28.7 Å². The van der Waals surface area contributed by atoms with Gasteiger partial charge in [-0.15, -0.1) is 18.2 Å². The van der Waals surface area contributed by atoms with Crippen molar-refractivity contribution in [2.24, 2.45) is 5.73 Å². The first-order valence-corrected chi connectivity index (χ1v) is 28.0. The Balaban J connectivity index is 0.000000233. The third kappa shape index (κ3) is 18.8. The Morgan fingerprint density at radius 2 is 1.07 bits per heavy atom. The van der Waals surface area contributed by atoms with Crippen LogP contribution in [0, 0.1) is 55.9 Å². The van der Waals surface area contributed by atoms with E-state index in [2.05, 4.69) is 126 Å². The standard InChI is InChI=1S/C16H13N5O.C10H8BrN5.C9H4BrN3O2.C9H6BrN3.C6H3BrFNO2.C6H6O.CH3ClN2.ClH.Na/c17-14-13-12-10(19-15(13)21-16(18)20-14)7-4-8-11(12)22-9-5-2-1-3-6-9;11-4-2-1-3-5-6(4)7-8(12)15-10(13)16-9(7)14-5;1-12-7(5-11)9-6(10)3-2-4-8(9)13(14)15;1-12-8-7-5(10)3-2-4-6(7)13-9(8)11;7-4-2-1-3-5(6(4)8)9(10)11;7-6-4-2-1-3-5-6;2-1(3)4;;/h1-8H,(H5,17,18,19,20,21);1-3H,(H5,12,13,14,15,16);2-4,7H;2-4,13H,11H2;1-3H;1-5,7H;(H3,3,4);1H;/q;;;;;;;;+1/p-1. The number of H-pyrrole nitrogens is 3. The molecule has 0 bridgehead atoms. The van der Waals surface area contributed by atoms with Crippen molar-refractivity contribution >= 4 is 194 Å². The molecule has 0 aliphatic rings. The van der Waals surface area contributed by atoms with Crippen molar-refractivity contribution < 1.29 is 53.6 Å². The number of benzene rings is 7. The summed E-state index contributed by atoms with van der Waals surface area (Å²) in [5.74, 6) is 2.14. The molecule has 0 saturated heterocycles. The van der Waals surface area contributed by atoms with Gasteiger partial charge in [0.2, 0.25) is 23.4 Å². The molecule has 1 unspecified atom stereocenters. The number of anilines is 5. The predicted octanol–water partition coefficient (Wildman–Crippen LogP) is 11.8. The molecule has 16 N–H and O–H groups in total. The van der Waals surface area contributed by atoms with E-state index in [0.29, 0.717) is 44.7 Å². The SMILES string of the molecule is Cl.N=C(N)Cl.Nc1nc(N)c2c(n1)[nH]c1cccc(Br)c12.Nc1nc(N)c2c(n1)[nH]c1cccc(Oc3ccccc3)c12.O=[N+]([O-])c1cccc(Br)c1F.[C-]#[N+]C(C#N)c1c(Br)cccc1[N+](=O)[O-].[C-]#[N+]c1c(N)[nH]c2cccc(Br)c12.[Na+].[O-]c1ccccc1. The normalized spacial score (nSPS) is 10.2. The number of nitrogens with one attached hydrogen (secondary N) is 4. The molecule has 0 radical (unpaired) electrons. The summed E-state index contributed by atoms with van der Waals surface area (Å²) in [6, 6.07) is 44.0. The van der Waals surface area contributed by atoms with Crippen LogP contribution in [0.5, 0.6) is 17.2 Å². The first kappa shape index (κ1) is 73.1. The van der Waals surface area contributed by atoms with E-state index in [0.717, 1.165) is 64.2 Å². The van der Waals surface area contributed by atoms with Crippen molar-refractivity contribution in [1.82, 2.24) is 34.9 Å². The van der Waals surface area contributed by atoms with E-state index < -0.39 is 27.4 Å². The summed E-state index contributed by atoms with van der Waals surface area (Å²) < 4.78 is 21.1. The smallest absolute Gasteiger partial charge is 0.872 e. The molecule has 5 heterocycles. The number of nitrogens with two attached hydrogens (primary N) is 6. The van der Waals surface area contributed by atoms with Gasteiger partial charge in [-0.1, -0.05) is 111 Å². The number of hydrogen-bond donors (Lipinski definition) is 10. The van der Waals surface area contributed by atoms with Gasteiger partial charge in [-0.05, 0) is 104 Å². The van der Waals surface area contributed by atoms with Crippen molar-refractivity contribution in [2.45, 2.75) is 6.04 Å². The number of aromatic amines is 3. The molecule has 12 aromatic rings. The maximum absolute atomic E-state index is 12.8. The van der Waals surface area contributed by atoms with Crippen LogP contribution >= 0.6 is 87.7 Å². The Hall–Kier alpha value is -9.39. The summed E-state index contributed by atoms with van der Waals surface area (Å²) in [5, 5.41) is 49.7. The van der Waals surface area contributed by atoms with Crippen LogP contribution in [0.1, 0.15) is 11.6 Å². The molecule has 90 heavy (non-hydrogen) atoms. The monoisotopic (exact) mass is 1520 g/mol. The summed E-state index contributed by atoms with van der Waals surface area (Å²) in [7, 11) is 0. The van der Waals surface area contributed by atoms with E-state index in [-0.39, 0.29) is 80.6 Å². The number of amidine groups is 1. The number of nitrogen functional groups attached to an aromatic ring is 5. The molecule has 5 aromatic heterocycles. The van der Waals surface area contributed by atoms with Gasteiger partial charge in [-0.2, -0.15) is 29.6 Å². The molecule has 0 aliphatic carbocycles. The zero-order valence-electron chi connectivity index (χ0n) is 46.1. The topological polar surface area (TPSA) is 430 Å². The van der Waals surface area contributed by atoms with Crippen molar-refractivity contribution in [1.29, 1.82) is 10.7 Å². The molecular weight excluding hydrogens is 1480 g/mol. The molecule has 0 fully saturated rings. The van der Waals surface area contributed by atoms with Gasteiger partial charge < -0.3 is 59.2 Å². The first-order valence-electron chi connectivity index (χ1n) is 24.5. The minimum atomic E-state index is -1.15. The fraction of sp³-hybridized carbons (Fsp3) is 0.0175. The number of nitro groups is 2. The molecule has 0 spiro atoms. The van der Waals surface area contributed by atoms with E-state index in [1.807, 2.05) is 91.0 Å². The van der Waals surface area contributed by atoms with Crippen LogP contribution < -0.4 is 73.8 Å². The molecular formula is C57H43Br4Cl2FN19NaO6. The van der Waals surface area contributed by atoms with E-state index in [1.54, 1.807) is 24.3 Å². The fourth-order valence-corrected chi connectivity index (χ4v) is 9.94. The summed E-state index contributed by atoms with van der Waals surface area (Å²) in [4.78, 5) is 51.5. The van der Waals surface area contributed by atoms with Crippen LogP contribution in [-0.4, -0.2) is 50.0 Å². The number of rotatable bonds is 5. The number of hydrogen-bond acceptors (Lipinski definition) is 17. The molecule has 0 amide bonds. The van der Waals surface area contributed by atoms with Crippen molar-refractivity contribution in [3.63, 3.8) is 0 Å². The van der Waals surface area contributed by atoms with E-state index >= 15 is 0 Å². The van der Waals surface area contributed by atoms with Gasteiger partial charge >= 0.3 is 41.3 Å². The van der Waals surface area contributed by atoms with E-state index in [1.165, 1.54) is 36.4 Å². The minimum Gasteiger partial charge on any atom is -0.872 e. The predicted molar refractivity (Wildman–Crippen MR) is 359 cm³/mol. The summed E-state index contributed by atoms with van der Waals surface area (Å²) in [5.41, 5.74) is 37.0. The fourth-order valence-electron chi connectivity index (χ4n) is 7.89. The van der Waals surface area contributed by atoms with Gasteiger partial charge in [-0.3, -0.25) is 30.5 Å². The average Bonchev–Trinajstić information content (AvgIpc) is 1.66. The third-order valence-corrected chi connectivity index (χ3v) is 14.1. The number of halogens is 7. The van der Waals surface area contributed by atoms with Crippen LogP contribution in [0.4, 0.5) is 50.8 Å². The maximum Gasteiger partial charge on any atom is 1.00 e. The van der Waals surface area contributed by atoms with Gasteiger partial charge in [0, 0.05) is 47.4 Å². The number of aromatic nitrogens is 7. The maximum atomic E-state index is 12.8. The third-order valence-electron chi connectivity index (χ3n) is 11.4. The summed E-state index contributed by atoms with van der Waals surface area (Å²) in [6.45, 7) is 13.8. The second-order valence-electron chi connectivity index (χ2n) is 17.1. The zero-order valence-corrected chi connectivity index (χ0v) is 56.0. The quantitative estimate of drug-likeness (QED) is 0.0145. The zero-order chi connectivity index (χ0) is 64.4. The van der Waals surface area contributed by atoms with Crippen LogP contribution in [0.15, 0.2) is 170 Å². The summed E-state index contributed by atoms with van der Waals surface area (Å²) >= 11 is 17.4. The number of nitriles is 1. The van der Waals surface area contributed by atoms with Gasteiger partial charge in [0.1, 0.15) is 45.8 Å². The molecule has 7 aromatic carbocycles. The van der Waals surface area contributed by atoms with Gasteiger partial charge in [-0.25, -0.2) is 11.4 Å². The van der Waals surface area contributed by atoms with Gasteiger partial charge in [0.05, 0.1) is 42.6 Å². The number of nitrogens with zero attached hydrogens (tertiary/aromatic N) is 9. The first-order chi connectivity index (χ1) is 42.0. The second-order valence-corrected chi connectivity index (χ2v) is 21.0. The number of fused-ring (bicyclic) bond motifs is 7. The number of ether oxygens (including phenoxy) is 1. The average molecular weight is 1520 g/mol. The van der Waals surface area contributed by atoms with Crippen LogP contribution in [0.3, 0.4) is 0 Å². The minimum absolute atomic E-state index is 0. The summed E-state index contributed by atoms with van der Waals surface area (Å²) in [6.07, 6.45) is 0. The Morgan fingerprint density at radius 3 is 1.53 bits per heavy atom. The number of para-hydroxylation sites is 2. The molecule has 452 valence electrons. The van der Waals surface area contributed by atoms with Crippen LogP contribution in [-0.2, 0) is 0 Å². The van der Waals surface area contributed by atoms with Gasteiger partial charge in [0.25, 0.3) is 5.69 Å². The van der Waals surface area contributed by atoms with E-state index in [9.17, 15) is 29.7 Å². The second kappa shape index (κ2) is 34.4.